The van der Waals surface area contributed by atoms with Gasteiger partial charge in [0.05, 0.1) is 0 Å². The lowest BCUT2D eigenvalue weighted by Gasteiger charge is -2.21. The highest BCUT2D eigenvalue weighted by molar-refractivity contribution is 6.02. The molecule has 0 saturated heterocycles. The predicted octanol–water partition coefficient (Wildman–Crippen LogP) is 3.76. The lowest BCUT2D eigenvalue weighted by Crippen LogP contribution is -2.36. The highest BCUT2D eigenvalue weighted by Crippen LogP contribution is 2.20. The molecule has 2 aromatic carbocycles. The minimum atomic E-state index is -0.301. The largest absolute Gasteiger partial charge is 0.326 e. The summed E-state index contributed by atoms with van der Waals surface area (Å²) in [4.78, 5) is 36.8. The van der Waals surface area contributed by atoms with Gasteiger partial charge in [0.15, 0.2) is 0 Å². The topological polar surface area (TPSA) is 78.5 Å². The number of rotatable bonds is 6. The van der Waals surface area contributed by atoms with Crippen molar-refractivity contribution in [2.75, 3.05) is 22.1 Å². The Bertz CT molecular complexity index is 812. The highest BCUT2D eigenvalue weighted by atomic mass is 16.2. The first-order chi connectivity index (χ1) is 12.8. The molecule has 27 heavy (non-hydrogen) atoms. The second-order valence-corrected chi connectivity index (χ2v) is 6.66. The van der Waals surface area contributed by atoms with Gasteiger partial charge < -0.3 is 15.5 Å². The van der Waals surface area contributed by atoms with E-state index in [0.717, 1.165) is 0 Å². The van der Waals surface area contributed by atoms with Crippen LogP contribution in [0.1, 0.15) is 39.2 Å². The third-order valence-corrected chi connectivity index (χ3v) is 4.04. The van der Waals surface area contributed by atoms with Gasteiger partial charge in [-0.1, -0.05) is 26.0 Å². The van der Waals surface area contributed by atoms with E-state index in [1.165, 1.54) is 24.3 Å². The van der Waals surface area contributed by atoms with E-state index >= 15 is 0 Å². The van der Waals surface area contributed by atoms with Crippen LogP contribution in [0, 0.1) is 0 Å². The molecule has 3 amide bonds. The summed E-state index contributed by atoms with van der Waals surface area (Å²) in [5.74, 6) is -0.269. The van der Waals surface area contributed by atoms with Crippen molar-refractivity contribution in [1.82, 2.24) is 0 Å². The molecule has 0 aliphatic carbocycles. The van der Waals surface area contributed by atoms with Gasteiger partial charge in [0.2, 0.25) is 17.7 Å². The maximum atomic E-state index is 12.4. The van der Waals surface area contributed by atoms with E-state index in [1.54, 1.807) is 24.3 Å². The molecule has 6 heteroatoms. The zero-order chi connectivity index (χ0) is 20.0. The average Bonchev–Trinajstić information content (AvgIpc) is 2.61. The van der Waals surface area contributed by atoms with Crippen LogP contribution in [0.5, 0.6) is 0 Å². The maximum Gasteiger partial charge on any atom is 0.244 e. The second kappa shape index (κ2) is 8.98. The molecule has 0 saturated carbocycles. The van der Waals surface area contributed by atoms with Crippen molar-refractivity contribution < 1.29 is 14.4 Å². The molecule has 2 N–H and O–H groups in total. The molecular formula is C21H25N3O3. The lowest BCUT2D eigenvalue weighted by molar-refractivity contribution is -0.120. The van der Waals surface area contributed by atoms with Crippen molar-refractivity contribution in [3.8, 4) is 0 Å². The summed E-state index contributed by atoms with van der Waals surface area (Å²) in [6.45, 7) is 6.99. The number of nitrogens with one attached hydrogen (secondary N) is 2. The number of benzene rings is 2. The van der Waals surface area contributed by atoms with Gasteiger partial charge in [0.25, 0.3) is 0 Å². The van der Waals surface area contributed by atoms with Crippen LogP contribution in [-0.2, 0) is 14.4 Å². The summed E-state index contributed by atoms with van der Waals surface area (Å²) in [5, 5.41) is 5.42. The zero-order valence-electron chi connectivity index (χ0n) is 16.1. The van der Waals surface area contributed by atoms with E-state index in [2.05, 4.69) is 24.5 Å². The first-order valence-corrected chi connectivity index (χ1v) is 8.82. The van der Waals surface area contributed by atoms with Crippen LogP contribution in [0.2, 0.25) is 0 Å². The van der Waals surface area contributed by atoms with Gasteiger partial charge >= 0.3 is 0 Å². The summed E-state index contributed by atoms with van der Waals surface area (Å²) < 4.78 is 0. The average molecular weight is 367 g/mol. The van der Waals surface area contributed by atoms with Gasteiger partial charge in [-0.05, 0) is 47.9 Å². The summed E-state index contributed by atoms with van der Waals surface area (Å²) in [5.41, 5.74) is 3.10. The smallest absolute Gasteiger partial charge is 0.244 e. The van der Waals surface area contributed by atoms with E-state index in [4.69, 9.17) is 0 Å². The van der Waals surface area contributed by atoms with Crippen LogP contribution in [-0.4, -0.2) is 24.3 Å². The molecule has 0 spiro atoms. The summed E-state index contributed by atoms with van der Waals surface area (Å²) in [6, 6.07) is 14.4. The first-order valence-electron chi connectivity index (χ1n) is 8.82. The molecule has 0 aliphatic heterocycles. The Hall–Kier alpha value is -3.15. The van der Waals surface area contributed by atoms with E-state index in [0.29, 0.717) is 23.0 Å². The maximum absolute atomic E-state index is 12.4. The minimum Gasteiger partial charge on any atom is -0.326 e. The zero-order valence-corrected chi connectivity index (χ0v) is 16.1. The number of carbonyl (C=O) groups excluding carboxylic acids is 3. The quantitative estimate of drug-likeness (QED) is 0.816. The second-order valence-electron chi connectivity index (χ2n) is 6.66. The van der Waals surface area contributed by atoms with Crippen molar-refractivity contribution in [1.29, 1.82) is 0 Å². The number of nitrogens with zero attached hydrogens (tertiary/aromatic N) is 1. The standard InChI is InChI=1S/C21H25N3O3/c1-14(2)17-5-11-20(12-6-17)24(16(4)26)13-21(27)23-19-9-7-18(8-10-19)22-15(3)25/h5-12,14H,13H2,1-4H3,(H,22,25)(H,23,27). The van der Waals surface area contributed by atoms with Crippen LogP contribution in [0.3, 0.4) is 0 Å². The molecule has 0 bridgehead atoms. The Balaban J connectivity index is 2.04. The van der Waals surface area contributed by atoms with E-state index < -0.39 is 0 Å². The van der Waals surface area contributed by atoms with Crippen LogP contribution < -0.4 is 15.5 Å². The molecule has 0 fully saturated rings. The third-order valence-electron chi connectivity index (χ3n) is 4.04. The number of amides is 3. The van der Waals surface area contributed by atoms with E-state index in [-0.39, 0.29) is 24.3 Å². The van der Waals surface area contributed by atoms with Crippen molar-refractivity contribution >= 4 is 34.8 Å². The van der Waals surface area contributed by atoms with Crippen LogP contribution in [0.15, 0.2) is 48.5 Å². The summed E-state index contributed by atoms with van der Waals surface area (Å²) in [6.07, 6.45) is 0. The lowest BCUT2D eigenvalue weighted by atomic mass is 10.0. The number of hydrogen-bond donors (Lipinski definition) is 2. The van der Waals surface area contributed by atoms with Crippen molar-refractivity contribution in [3.63, 3.8) is 0 Å². The van der Waals surface area contributed by atoms with Crippen LogP contribution >= 0.6 is 0 Å². The summed E-state index contributed by atoms with van der Waals surface area (Å²) in [7, 11) is 0. The fraction of sp³-hybridized carbons (Fsp3) is 0.286. The Morgan fingerprint density at radius 3 is 1.81 bits per heavy atom. The SMILES string of the molecule is CC(=O)Nc1ccc(NC(=O)CN(C(C)=O)c2ccc(C(C)C)cc2)cc1. The molecule has 0 heterocycles. The Labute approximate surface area is 159 Å². The number of hydrogen-bond acceptors (Lipinski definition) is 3. The van der Waals surface area contributed by atoms with Crippen molar-refractivity contribution in [2.45, 2.75) is 33.6 Å². The van der Waals surface area contributed by atoms with Crippen molar-refractivity contribution in [2.24, 2.45) is 0 Å². The summed E-state index contributed by atoms with van der Waals surface area (Å²) >= 11 is 0. The molecule has 142 valence electrons. The van der Waals surface area contributed by atoms with Gasteiger partial charge in [-0.3, -0.25) is 14.4 Å². The van der Waals surface area contributed by atoms with E-state index in [1.807, 2.05) is 24.3 Å². The number of anilines is 3. The normalized spacial score (nSPS) is 10.4. The Morgan fingerprint density at radius 1 is 0.852 bits per heavy atom. The molecule has 0 unspecified atom stereocenters. The van der Waals surface area contributed by atoms with Gasteiger partial charge in [-0.25, -0.2) is 0 Å². The monoisotopic (exact) mass is 367 g/mol. The molecule has 2 rings (SSSR count). The molecule has 2 aromatic rings. The van der Waals surface area contributed by atoms with E-state index in [9.17, 15) is 14.4 Å². The number of carbonyl (C=O) groups is 3. The molecule has 0 atom stereocenters. The van der Waals surface area contributed by atoms with Gasteiger partial charge in [-0.2, -0.15) is 0 Å². The van der Waals surface area contributed by atoms with Gasteiger partial charge in [-0.15, -0.1) is 0 Å². The first kappa shape index (κ1) is 20.2. The van der Waals surface area contributed by atoms with Gasteiger partial charge in [0, 0.05) is 30.9 Å². The van der Waals surface area contributed by atoms with Crippen LogP contribution in [0.4, 0.5) is 17.1 Å². The highest BCUT2D eigenvalue weighted by Gasteiger charge is 2.16. The predicted molar refractivity (Wildman–Crippen MR) is 108 cm³/mol. The Morgan fingerprint density at radius 2 is 1.37 bits per heavy atom. The third kappa shape index (κ3) is 5.95. The molecule has 0 radical (unpaired) electrons. The Kier molecular flexibility index (Phi) is 6.71. The van der Waals surface area contributed by atoms with Crippen molar-refractivity contribution in [3.05, 3.63) is 54.1 Å². The fourth-order valence-corrected chi connectivity index (χ4v) is 2.61. The molecule has 6 nitrogen and oxygen atoms in total. The molecule has 0 aliphatic rings. The van der Waals surface area contributed by atoms with Crippen LogP contribution in [0.25, 0.3) is 0 Å². The fourth-order valence-electron chi connectivity index (χ4n) is 2.61. The van der Waals surface area contributed by atoms with Gasteiger partial charge in [0.1, 0.15) is 6.54 Å². The minimum absolute atomic E-state index is 0.0796. The molecular weight excluding hydrogens is 342 g/mol. The molecule has 0 aromatic heterocycles.